The van der Waals surface area contributed by atoms with Gasteiger partial charge in [-0.15, -0.1) is 0 Å². The molecule has 13 heavy (non-hydrogen) atoms. The number of hydrogen-bond donors (Lipinski definition) is 2. The zero-order valence-corrected chi connectivity index (χ0v) is 7.05. The number of aliphatic hydroxyl groups excluding tert-OH is 1. The predicted octanol–water partition coefficient (Wildman–Crippen LogP) is -1.73. The summed E-state index contributed by atoms with van der Waals surface area (Å²) in [5.41, 5.74) is -1.04. The van der Waals surface area contributed by atoms with Crippen LogP contribution in [0.2, 0.25) is 0 Å². The van der Waals surface area contributed by atoms with Gasteiger partial charge in [0.1, 0.15) is 30.0 Å². The molecule has 3 aliphatic heterocycles. The monoisotopic (exact) mass is 188 g/mol. The summed E-state index contributed by atoms with van der Waals surface area (Å²) in [6.45, 7) is 0.997. The molecule has 0 aromatic rings. The summed E-state index contributed by atoms with van der Waals surface area (Å²) >= 11 is 0. The van der Waals surface area contributed by atoms with Gasteiger partial charge in [-0.25, -0.2) is 0 Å². The maximum atomic E-state index is 10.1. The maximum absolute atomic E-state index is 10.1. The van der Waals surface area contributed by atoms with E-state index < -0.39 is 17.8 Å². The minimum Gasteiger partial charge on any atom is -0.388 e. The zero-order chi connectivity index (χ0) is 9.05. The fraction of sp³-hybridized carbons (Fsp3) is 1.00. The highest BCUT2D eigenvalue weighted by Gasteiger charge is 2.62. The van der Waals surface area contributed by atoms with Crippen LogP contribution in [-0.2, 0) is 14.2 Å². The van der Waals surface area contributed by atoms with Crippen molar-refractivity contribution in [2.75, 3.05) is 19.8 Å². The van der Waals surface area contributed by atoms with Crippen LogP contribution in [0.4, 0.5) is 0 Å². The van der Waals surface area contributed by atoms with E-state index in [4.69, 9.17) is 14.2 Å². The number of hydrogen-bond acceptors (Lipinski definition) is 5. The summed E-state index contributed by atoms with van der Waals surface area (Å²) in [5.74, 6) is 0. The number of fused-ring (bicyclic) bond motifs is 1. The van der Waals surface area contributed by atoms with Crippen molar-refractivity contribution in [3.8, 4) is 0 Å². The molecule has 5 nitrogen and oxygen atoms in total. The average Bonchev–Trinajstić information content (AvgIpc) is 2.82. The second kappa shape index (κ2) is 2.43. The Hall–Kier alpha value is -0.200. The van der Waals surface area contributed by atoms with Crippen LogP contribution in [0.1, 0.15) is 0 Å². The van der Waals surface area contributed by atoms with Crippen LogP contribution in [0.3, 0.4) is 0 Å². The van der Waals surface area contributed by atoms with Crippen molar-refractivity contribution in [1.29, 1.82) is 0 Å². The van der Waals surface area contributed by atoms with Gasteiger partial charge >= 0.3 is 0 Å². The molecular weight excluding hydrogens is 176 g/mol. The molecule has 5 heteroatoms. The molecule has 3 fully saturated rings. The molecule has 5 atom stereocenters. The van der Waals surface area contributed by atoms with Gasteiger partial charge in [-0.1, -0.05) is 0 Å². The van der Waals surface area contributed by atoms with Crippen molar-refractivity contribution in [1.82, 2.24) is 0 Å². The summed E-state index contributed by atoms with van der Waals surface area (Å²) in [5, 5.41) is 19.6. The van der Waals surface area contributed by atoms with Gasteiger partial charge in [0.25, 0.3) is 0 Å². The minimum atomic E-state index is -1.04. The normalized spacial score (nSPS) is 59.5. The highest BCUT2D eigenvalue weighted by atomic mass is 16.6. The Morgan fingerprint density at radius 3 is 2.62 bits per heavy atom. The van der Waals surface area contributed by atoms with E-state index in [0.717, 1.165) is 0 Å². The van der Waals surface area contributed by atoms with Gasteiger partial charge < -0.3 is 24.4 Å². The van der Waals surface area contributed by atoms with Crippen LogP contribution in [0, 0.1) is 0 Å². The molecule has 0 aliphatic carbocycles. The fourth-order valence-corrected chi connectivity index (χ4v) is 2.15. The van der Waals surface area contributed by atoms with Crippen LogP contribution >= 0.6 is 0 Å². The molecule has 0 saturated carbocycles. The lowest BCUT2D eigenvalue weighted by Crippen LogP contribution is -2.48. The summed E-state index contributed by atoms with van der Waals surface area (Å²) in [6.07, 6.45) is -1.59. The lowest BCUT2D eigenvalue weighted by Gasteiger charge is -2.24. The lowest BCUT2D eigenvalue weighted by atomic mass is 9.93. The first-order valence-corrected chi connectivity index (χ1v) is 4.47. The summed E-state index contributed by atoms with van der Waals surface area (Å²) in [7, 11) is 0. The molecule has 0 radical (unpaired) electrons. The third-order valence-corrected chi connectivity index (χ3v) is 3.01. The Kier molecular flexibility index (Phi) is 1.52. The largest absolute Gasteiger partial charge is 0.388 e. The van der Waals surface area contributed by atoms with E-state index in [1.54, 1.807) is 0 Å². The Bertz CT molecular complexity index is 229. The molecular formula is C8H12O5. The van der Waals surface area contributed by atoms with E-state index in [2.05, 4.69) is 0 Å². The van der Waals surface area contributed by atoms with Gasteiger partial charge in [-0.05, 0) is 0 Å². The minimum absolute atomic E-state index is 0.173. The van der Waals surface area contributed by atoms with E-state index in [9.17, 15) is 10.2 Å². The van der Waals surface area contributed by atoms with Crippen molar-refractivity contribution in [3.05, 3.63) is 0 Å². The Morgan fingerprint density at radius 2 is 1.92 bits per heavy atom. The molecule has 0 spiro atoms. The predicted molar refractivity (Wildman–Crippen MR) is 40.2 cm³/mol. The van der Waals surface area contributed by atoms with Crippen LogP contribution < -0.4 is 0 Å². The molecule has 3 aliphatic rings. The first-order valence-electron chi connectivity index (χ1n) is 4.47. The van der Waals surface area contributed by atoms with Crippen LogP contribution in [0.5, 0.6) is 0 Å². The molecule has 2 N–H and O–H groups in total. The number of rotatable bonds is 1. The van der Waals surface area contributed by atoms with E-state index in [0.29, 0.717) is 6.61 Å². The topological polar surface area (TPSA) is 71.5 Å². The molecule has 0 aromatic heterocycles. The van der Waals surface area contributed by atoms with E-state index in [1.807, 2.05) is 0 Å². The van der Waals surface area contributed by atoms with Gasteiger partial charge in [0, 0.05) is 0 Å². The van der Waals surface area contributed by atoms with Crippen molar-refractivity contribution >= 4 is 0 Å². The molecule has 3 heterocycles. The van der Waals surface area contributed by atoms with Crippen molar-refractivity contribution in [2.45, 2.75) is 30.0 Å². The summed E-state index contributed by atoms with van der Waals surface area (Å²) in [6, 6.07) is 0. The zero-order valence-electron chi connectivity index (χ0n) is 7.05. The van der Waals surface area contributed by atoms with Gasteiger partial charge in [0.15, 0.2) is 0 Å². The van der Waals surface area contributed by atoms with Crippen LogP contribution in [0.15, 0.2) is 0 Å². The van der Waals surface area contributed by atoms with E-state index in [1.165, 1.54) is 0 Å². The highest BCUT2D eigenvalue weighted by molar-refractivity contribution is 5.10. The molecule has 0 amide bonds. The first-order chi connectivity index (χ1) is 6.22. The fourth-order valence-electron chi connectivity index (χ4n) is 2.15. The standard InChI is InChI=1S/C8H12O5/c9-4-1-12-7-6(4)13-3-8(7,10)5-2-11-5/h4-7,9-10H,1-3H2/t4-,5?,6-,7+,8+/m1/s1. The third-order valence-electron chi connectivity index (χ3n) is 3.01. The molecule has 3 saturated heterocycles. The van der Waals surface area contributed by atoms with Crippen LogP contribution in [0.25, 0.3) is 0 Å². The van der Waals surface area contributed by atoms with Crippen LogP contribution in [-0.4, -0.2) is 60.1 Å². The van der Waals surface area contributed by atoms with Gasteiger partial charge in [-0.2, -0.15) is 0 Å². The Labute approximate surface area is 75.2 Å². The van der Waals surface area contributed by atoms with Crippen molar-refractivity contribution < 1.29 is 24.4 Å². The van der Waals surface area contributed by atoms with Crippen molar-refractivity contribution in [3.63, 3.8) is 0 Å². The molecule has 3 rings (SSSR count). The smallest absolute Gasteiger partial charge is 0.145 e. The maximum Gasteiger partial charge on any atom is 0.145 e. The number of aliphatic hydroxyl groups is 2. The average molecular weight is 188 g/mol. The molecule has 74 valence electrons. The molecule has 1 unspecified atom stereocenters. The van der Waals surface area contributed by atoms with E-state index >= 15 is 0 Å². The van der Waals surface area contributed by atoms with Gasteiger partial charge in [0.05, 0.1) is 19.8 Å². The van der Waals surface area contributed by atoms with Gasteiger partial charge in [0.2, 0.25) is 0 Å². The first kappa shape index (κ1) is 8.14. The second-order valence-electron chi connectivity index (χ2n) is 3.91. The molecule has 0 aromatic carbocycles. The third kappa shape index (κ3) is 0.992. The highest BCUT2D eigenvalue weighted by Crippen LogP contribution is 2.40. The second-order valence-corrected chi connectivity index (χ2v) is 3.91. The SMILES string of the molecule is O[C@@H]1CO[C@H]2[C@@H]1OC[C@]2(O)C1CO1. The summed E-state index contributed by atoms with van der Waals surface area (Å²) in [4.78, 5) is 0. The quantitative estimate of drug-likeness (QED) is 0.479. The number of epoxide rings is 1. The Morgan fingerprint density at radius 1 is 1.15 bits per heavy atom. The number of ether oxygens (including phenoxy) is 3. The van der Waals surface area contributed by atoms with Gasteiger partial charge in [-0.3, -0.25) is 0 Å². The Balaban J connectivity index is 1.85. The van der Waals surface area contributed by atoms with E-state index in [-0.39, 0.29) is 25.4 Å². The van der Waals surface area contributed by atoms with Crippen molar-refractivity contribution in [2.24, 2.45) is 0 Å². The molecule has 0 bridgehead atoms. The lowest BCUT2D eigenvalue weighted by molar-refractivity contribution is -0.0833. The summed E-state index contributed by atoms with van der Waals surface area (Å²) < 4.78 is 15.6.